The van der Waals surface area contributed by atoms with Gasteiger partial charge in [0.1, 0.15) is 30.2 Å². The van der Waals surface area contributed by atoms with Gasteiger partial charge in [0.05, 0.1) is 12.2 Å². The molecule has 0 bridgehead atoms. The van der Waals surface area contributed by atoms with Crippen molar-refractivity contribution in [1.29, 1.82) is 0 Å². The first-order chi connectivity index (χ1) is 12.9. The quantitative estimate of drug-likeness (QED) is 0.500. The zero-order valence-electron chi connectivity index (χ0n) is 14.2. The third-order valence-electron chi connectivity index (χ3n) is 4.40. The Hall–Kier alpha value is -2.49. The molecule has 1 aliphatic heterocycles. The minimum atomic E-state index is -1.52. The molecule has 2 unspecified atom stereocenters. The van der Waals surface area contributed by atoms with Crippen molar-refractivity contribution in [3.05, 3.63) is 54.1 Å². The van der Waals surface area contributed by atoms with Gasteiger partial charge in [-0.2, -0.15) is 0 Å². The summed E-state index contributed by atoms with van der Waals surface area (Å²) in [5.74, 6) is -0.680. The summed E-state index contributed by atoms with van der Waals surface area (Å²) in [5.41, 5.74) is 1.68. The van der Waals surface area contributed by atoms with Gasteiger partial charge in [-0.3, -0.25) is 0 Å². The maximum Gasteiger partial charge on any atom is 0.335 e. The highest BCUT2D eigenvalue weighted by atomic mass is 16.7. The van der Waals surface area contributed by atoms with Gasteiger partial charge in [0, 0.05) is 0 Å². The number of carboxylic acid groups (broad SMARTS) is 1. The maximum atomic E-state index is 10.9. The van der Waals surface area contributed by atoms with E-state index in [-0.39, 0.29) is 5.56 Å². The van der Waals surface area contributed by atoms with Crippen LogP contribution in [0.25, 0.3) is 11.1 Å². The number of aliphatic hydroxyl groups is 4. The summed E-state index contributed by atoms with van der Waals surface area (Å²) in [5, 5.41) is 47.9. The Kier molecular flexibility index (Phi) is 5.73. The molecule has 8 nitrogen and oxygen atoms in total. The molecule has 1 fully saturated rings. The van der Waals surface area contributed by atoms with Gasteiger partial charge in [-0.25, -0.2) is 4.79 Å². The molecule has 1 heterocycles. The molecule has 1 aliphatic rings. The number of ether oxygens (including phenoxy) is 2. The molecule has 5 atom stereocenters. The number of rotatable bonds is 5. The molecule has 0 aromatic heterocycles. The van der Waals surface area contributed by atoms with E-state index in [9.17, 15) is 25.2 Å². The summed E-state index contributed by atoms with van der Waals surface area (Å²) >= 11 is 0. The van der Waals surface area contributed by atoms with Crippen LogP contribution in [-0.2, 0) is 4.74 Å². The summed E-state index contributed by atoms with van der Waals surface area (Å²) in [7, 11) is 0. The number of aromatic carboxylic acids is 1. The van der Waals surface area contributed by atoms with Gasteiger partial charge in [0.2, 0.25) is 6.29 Å². The van der Waals surface area contributed by atoms with Gasteiger partial charge < -0.3 is 35.0 Å². The minimum Gasteiger partial charge on any atom is -0.478 e. The first-order valence-corrected chi connectivity index (χ1v) is 8.31. The van der Waals surface area contributed by atoms with Crippen molar-refractivity contribution < 1.29 is 39.8 Å². The maximum absolute atomic E-state index is 10.9. The Morgan fingerprint density at radius 3 is 2.30 bits per heavy atom. The Morgan fingerprint density at radius 2 is 1.67 bits per heavy atom. The van der Waals surface area contributed by atoms with Crippen molar-refractivity contribution in [3.8, 4) is 16.9 Å². The van der Waals surface area contributed by atoms with E-state index >= 15 is 0 Å². The van der Waals surface area contributed by atoms with Crippen molar-refractivity contribution in [2.45, 2.75) is 30.7 Å². The minimum absolute atomic E-state index is 0.174. The van der Waals surface area contributed by atoms with Crippen molar-refractivity contribution in [2.75, 3.05) is 6.61 Å². The Labute approximate surface area is 154 Å². The summed E-state index contributed by atoms with van der Waals surface area (Å²) < 4.78 is 10.9. The summed E-state index contributed by atoms with van der Waals surface area (Å²) in [6, 6.07) is 13.1. The van der Waals surface area contributed by atoms with E-state index < -0.39 is 43.3 Å². The average molecular weight is 376 g/mol. The number of hydrogen-bond donors (Lipinski definition) is 5. The van der Waals surface area contributed by atoms with Crippen LogP contribution >= 0.6 is 0 Å². The molecule has 2 aromatic carbocycles. The van der Waals surface area contributed by atoms with Gasteiger partial charge in [-0.05, 0) is 35.4 Å². The summed E-state index contributed by atoms with van der Waals surface area (Å²) in [6.07, 6.45) is -6.80. The first-order valence-electron chi connectivity index (χ1n) is 8.31. The Morgan fingerprint density at radius 1 is 0.963 bits per heavy atom. The van der Waals surface area contributed by atoms with E-state index in [1.165, 1.54) is 12.1 Å². The van der Waals surface area contributed by atoms with Crippen LogP contribution in [0.1, 0.15) is 10.4 Å². The number of benzene rings is 2. The summed E-state index contributed by atoms with van der Waals surface area (Å²) in [4.78, 5) is 10.9. The average Bonchev–Trinajstić information content (AvgIpc) is 2.68. The van der Waals surface area contributed by atoms with Crippen molar-refractivity contribution in [3.63, 3.8) is 0 Å². The normalized spacial score (nSPS) is 27.9. The SMILES string of the molecule is O=C(O)c1ccc(-c2cccc(O[C@H]3OC(CO)[C@@H](O)[C@H](O)C3O)c2)cc1. The molecule has 3 rings (SSSR count). The lowest BCUT2D eigenvalue weighted by molar-refractivity contribution is -0.277. The van der Waals surface area contributed by atoms with Crippen LogP contribution in [0.3, 0.4) is 0 Å². The van der Waals surface area contributed by atoms with Crippen LogP contribution in [-0.4, -0.2) is 68.8 Å². The number of hydrogen-bond acceptors (Lipinski definition) is 7. The van der Waals surface area contributed by atoms with Crippen molar-refractivity contribution in [2.24, 2.45) is 0 Å². The second kappa shape index (κ2) is 8.03. The Bertz CT molecular complexity index is 789. The molecule has 0 saturated carbocycles. The third kappa shape index (κ3) is 4.10. The topological polar surface area (TPSA) is 137 Å². The van der Waals surface area contributed by atoms with E-state index in [1.807, 2.05) is 0 Å². The Balaban J connectivity index is 1.78. The molecule has 0 radical (unpaired) electrons. The molecule has 0 spiro atoms. The molecule has 27 heavy (non-hydrogen) atoms. The van der Waals surface area contributed by atoms with Crippen LogP contribution in [0.15, 0.2) is 48.5 Å². The number of carboxylic acids is 1. The lowest BCUT2D eigenvalue weighted by Gasteiger charge is -2.39. The van der Waals surface area contributed by atoms with Crippen LogP contribution < -0.4 is 4.74 Å². The van der Waals surface area contributed by atoms with E-state index in [1.54, 1.807) is 36.4 Å². The molecule has 2 aromatic rings. The highest BCUT2D eigenvalue weighted by molar-refractivity contribution is 5.88. The number of carbonyl (C=O) groups is 1. The van der Waals surface area contributed by atoms with Crippen molar-refractivity contribution >= 4 is 5.97 Å². The lowest BCUT2D eigenvalue weighted by atomic mass is 9.99. The van der Waals surface area contributed by atoms with Gasteiger partial charge >= 0.3 is 5.97 Å². The first kappa shape index (κ1) is 19.3. The molecule has 0 amide bonds. The van der Waals surface area contributed by atoms with Crippen LogP contribution in [0, 0.1) is 0 Å². The fraction of sp³-hybridized carbons (Fsp3) is 0.316. The van der Waals surface area contributed by atoms with E-state index in [0.29, 0.717) is 5.75 Å². The molecular weight excluding hydrogens is 356 g/mol. The fourth-order valence-corrected chi connectivity index (χ4v) is 2.85. The summed E-state index contributed by atoms with van der Waals surface area (Å²) in [6.45, 7) is -0.541. The van der Waals surface area contributed by atoms with Crippen molar-refractivity contribution in [1.82, 2.24) is 0 Å². The second-order valence-electron chi connectivity index (χ2n) is 6.23. The fourth-order valence-electron chi connectivity index (χ4n) is 2.85. The zero-order chi connectivity index (χ0) is 19.6. The monoisotopic (exact) mass is 376 g/mol. The molecule has 1 saturated heterocycles. The van der Waals surface area contributed by atoms with Crippen LogP contribution in [0.4, 0.5) is 0 Å². The lowest BCUT2D eigenvalue weighted by Crippen LogP contribution is -2.60. The van der Waals surface area contributed by atoms with Crippen LogP contribution in [0.2, 0.25) is 0 Å². The predicted octanol–water partition coefficient (Wildman–Crippen LogP) is 0.230. The highest BCUT2D eigenvalue weighted by Crippen LogP contribution is 2.28. The van der Waals surface area contributed by atoms with E-state index in [2.05, 4.69) is 0 Å². The largest absolute Gasteiger partial charge is 0.478 e. The second-order valence-corrected chi connectivity index (χ2v) is 6.23. The van der Waals surface area contributed by atoms with E-state index in [4.69, 9.17) is 14.6 Å². The molecule has 0 aliphatic carbocycles. The van der Waals surface area contributed by atoms with Gasteiger partial charge in [0.25, 0.3) is 0 Å². The van der Waals surface area contributed by atoms with Gasteiger partial charge in [0.15, 0.2) is 0 Å². The molecule has 144 valence electrons. The van der Waals surface area contributed by atoms with Gasteiger partial charge in [-0.15, -0.1) is 0 Å². The molecule has 8 heteroatoms. The third-order valence-corrected chi connectivity index (χ3v) is 4.40. The van der Waals surface area contributed by atoms with Crippen LogP contribution in [0.5, 0.6) is 5.75 Å². The predicted molar refractivity (Wildman–Crippen MR) is 93.2 cm³/mol. The molecule has 5 N–H and O–H groups in total. The molecular formula is C19H20O8. The number of aliphatic hydroxyl groups excluding tert-OH is 4. The highest BCUT2D eigenvalue weighted by Gasteiger charge is 2.44. The zero-order valence-corrected chi connectivity index (χ0v) is 14.2. The van der Waals surface area contributed by atoms with Gasteiger partial charge in [-0.1, -0.05) is 24.3 Å². The standard InChI is InChI=1S/C19H20O8/c20-9-14-15(21)16(22)17(23)19(27-14)26-13-3-1-2-12(8-13)10-4-6-11(7-5-10)18(24)25/h1-8,14-17,19-23H,9H2,(H,24,25)/t14?,15-,16+,17?,19+/m1/s1. The van der Waals surface area contributed by atoms with E-state index in [0.717, 1.165) is 11.1 Å². The smallest absolute Gasteiger partial charge is 0.335 e.